The van der Waals surface area contributed by atoms with Crippen molar-refractivity contribution in [2.75, 3.05) is 10.2 Å². The molecule has 0 bridgehead atoms. The van der Waals surface area contributed by atoms with Crippen LogP contribution in [0.5, 0.6) is 11.5 Å². The van der Waals surface area contributed by atoms with Gasteiger partial charge in [0.25, 0.3) is 5.91 Å². The summed E-state index contributed by atoms with van der Waals surface area (Å²) in [6, 6.07) is 27.7. The third kappa shape index (κ3) is 4.34. The Morgan fingerprint density at radius 2 is 1.55 bits per heavy atom. The Morgan fingerprint density at radius 3 is 2.34 bits per heavy atom. The predicted molar refractivity (Wildman–Crippen MR) is 147 cm³/mol. The molecular formula is C32H26N2O4. The van der Waals surface area contributed by atoms with Crippen molar-refractivity contribution in [3.63, 3.8) is 0 Å². The molecule has 1 N–H and O–H groups in total. The van der Waals surface area contributed by atoms with E-state index in [0.29, 0.717) is 35.5 Å². The van der Waals surface area contributed by atoms with Crippen LogP contribution in [-0.4, -0.2) is 17.7 Å². The van der Waals surface area contributed by atoms with Gasteiger partial charge >= 0.3 is 0 Å². The van der Waals surface area contributed by atoms with E-state index >= 15 is 0 Å². The summed E-state index contributed by atoms with van der Waals surface area (Å²) in [6.45, 7) is 2.00. The Labute approximate surface area is 220 Å². The summed E-state index contributed by atoms with van der Waals surface area (Å²) in [5.41, 5.74) is 2.70. The Morgan fingerprint density at radius 1 is 0.842 bits per heavy atom. The Balaban J connectivity index is 1.12. The van der Waals surface area contributed by atoms with Crippen molar-refractivity contribution >= 4 is 39.9 Å². The first-order valence-electron chi connectivity index (χ1n) is 12.7. The Hall–Kier alpha value is -4.71. The Bertz CT molecular complexity index is 1580. The molecule has 6 heteroatoms. The zero-order valence-corrected chi connectivity index (χ0v) is 20.9. The number of hydrogen-bond acceptors (Lipinski definition) is 4. The van der Waals surface area contributed by atoms with Crippen molar-refractivity contribution in [2.45, 2.75) is 19.8 Å². The van der Waals surface area contributed by atoms with E-state index in [1.165, 1.54) is 4.90 Å². The molecule has 6 nitrogen and oxygen atoms in total. The molecule has 4 aromatic rings. The summed E-state index contributed by atoms with van der Waals surface area (Å²) >= 11 is 0. The number of fused-ring (bicyclic) bond motifs is 2. The molecule has 1 aliphatic heterocycles. The van der Waals surface area contributed by atoms with Gasteiger partial charge in [0.05, 0.1) is 17.5 Å². The summed E-state index contributed by atoms with van der Waals surface area (Å²) in [5, 5.41) is 5.01. The number of rotatable bonds is 5. The second-order valence-electron chi connectivity index (χ2n) is 9.82. The van der Waals surface area contributed by atoms with Crippen LogP contribution in [0.1, 0.15) is 30.1 Å². The second kappa shape index (κ2) is 9.63. The number of anilines is 2. The van der Waals surface area contributed by atoms with Gasteiger partial charge in [-0.3, -0.25) is 19.3 Å². The maximum atomic E-state index is 13.0. The molecule has 0 spiro atoms. The number of amides is 3. The molecule has 1 fully saturated rings. The fraction of sp³-hybridized carbons (Fsp3) is 0.156. The molecule has 1 aliphatic carbocycles. The average molecular weight is 503 g/mol. The minimum atomic E-state index is -0.290. The van der Waals surface area contributed by atoms with E-state index in [-0.39, 0.29) is 29.6 Å². The summed E-state index contributed by atoms with van der Waals surface area (Å²) in [4.78, 5) is 40.0. The highest BCUT2D eigenvalue weighted by molar-refractivity contribution is 6.22. The zero-order chi connectivity index (χ0) is 26.2. The minimum Gasteiger partial charge on any atom is -0.457 e. The standard InChI is InChI=1S/C32H26N2O4/c1-20-9-18-27-28(19-20)32(37)34(31(27)36)24-14-10-22(11-15-24)30(35)33-23-12-16-25(17-13-23)38-29-8-4-6-21-5-2-3-7-26(21)29/h2-17,27-28H,18-19H2,1H3,(H,33,35)/t27-,28-/m0/s1. The van der Waals surface area contributed by atoms with Crippen LogP contribution in [0.15, 0.2) is 103 Å². The van der Waals surface area contributed by atoms with Gasteiger partial charge in [0, 0.05) is 16.6 Å². The number of imide groups is 1. The predicted octanol–water partition coefficient (Wildman–Crippen LogP) is 6.73. The highest BCUT2D eigenvalue weighted by Crippen LogP contribution is 2.39. The molecule has 1 saturated heterocycles. The van der Waals surface area contributed by atoms with Crippen molar-refractivity contribution in [3.8, 4) is 11.5 Å². The van der Waals surface area contributed by atoms with Crippen molar-refractivity contribution in [2.24, 2.45) is 11.8 Å². The topological polar surface area (TPSA) is 75.7 Å². The summed E-state index contributed by atoms with van der Waals surface area (Å²) in [6.07, 6.45) is 3.27. The molecule has 0 radical (unpaired) electrons. The number of allylic oxidation sites excluding steroid dienone is 2. The molecule has 38 heavy (non-hydrogen) atoms. The maximum absolute atomic E-state index is 13.0. The van der Waals surface area contributed by atoms with Crippen molar-refractivity contribution in [1.29, 1.82) is 0 Å². The largest absolute Gasteiger partial charge is 0.457 e. The van der Waals surface area contributed by atoms with Crippen LogP contribution in [-0.2, 0) is 9.59 Å². The first-order valence-corrected chi connectivity index (χ1v) is 12.7. The van der Waals surface area contributed by atoms with Crippen molar-refractivity contribution in [1.82, 2.24) is 0 Å². The zero-order valence-electron chi connectivity index (χ0n) is 20.9. The van der Waals surface area contributed by atoms with Gasteiger partial charge in [0.2, 0.25) is 11.8 Å². The first kappa shape index (κ1) is 23.7. The molecule has 4 aromatic carbocycles. The molecule has 0 unspecified atom stereocenters. The van der Waals surface area contributed by atoms with E-state index in [1.807, 2.05) is 55.5 Å². The average Bonchev–Trinajstić information content (AvgIpc) is 3.18. The minimum absolute atomic E-state index is 0.157. The van der Waals surface area contributed by atoms with Crippen molar-refractivity contribution in [3.05, 3.63) is 108 Å². The van der Waals surface area contributed by atoms with Crippen LogP contribution < -0.4 is 15.0 Å². The highest BCUT2D eigenvalue weighted by atomic mass is 16.5. The number of nitrogens with one attached hydrogen (secondary N) is 1. The van der Waals surface area contributed by atoms with Gasteiger partial charge in [0.15, 0.2) is 0 Å². The van der Waals surface area contributed by atoms with E-state index in [0.717, 1.165) is 22.1 Å². The normalized spacial score (nSPS) is 18.8. The Kier molecular flexibility index (Phi) is 6.00. The van der Waals surface area contributed by atoms with Gasteiger partial charge in [-0.2, -0.15) is 0 Å². The number of hydrogen-bond donors (Lipinski definition) is 1. The number of carbonyl (C=O) groups excluding carboxylic acids is 3. The molecule has 1 heterocycles. The molecule has 6 rings (SSSR count). The molecule has 2 atom stereocenters. The number of benzene rings is 4. The third-order valence-corrected chi connectivity index (χ3v) is 7.30. The SMILES string of the molecule is CC1=CC[C@@H]2C(=O)N(c3ccc(C(=O)Nc4ccc(Oc5cccc6ccccc56)cc4)cc3)C(=O)[C@H]2C1. The van der Waals surface area contributed by atoms with Gasteiger partial charge in [-0.15, -0.1) is 0 Å². The van der Waals surface area contributed by atoms with E-state index in [4.69, 9.17) is 4.74 Å². The summed E-state index contributed by atoms with van der Waals surface area (Å²) < 4.78 is 6.08. The van der Waals surface area contributed by atoms with Gasteiger partial charge in [-0.05, 0) is 79.7 Å². The monoisotopic (exact) mass is 502 g/mol. The smallest absolute Gasteiger partial charge is 0.255 e. The van der Waals surface area contributed by atoms with Gasteiger partial charge in [0.1, 0.15) is 11.5 Å². The lowest BCUT2D eigenvalue weighted by molar-refractivity contribution is -0.122. The number of nitrogens with zero attached hydrogens (tertiary/aromatic N) is 1. The fourth-order valence-corrected chi connectivity index (χ4v) is 5.28. The quantitative estimate of drug-likeness (QED) is 0.243. The lowest BCUT2D eigenvalue weighted by Gasteiger charge is -2.18. The molecule has 0 saturated carbocycles. The lowest BCUT2D eigenvalue weighted by Crippen LogP contribution is -2.30. The van der Waals surface area contributed by atoms with Crippen LogP contribution >= 0.6 is 0 Å². The molecular weight excluding hydrogens is 476 g/mol. The van der Waals surface area contributed by atoms with Crippen LogP contribution in [0.3, 0.4) is 0 Å². The van der Waals surface area contributed by atoms with Crippen LogP contribution in [0.25, 0.3) is 10.8 Å². The van der Waals surface area contributed by atoms with Crippen LogP contribution in [0.2, 0.25) is 0 Å². The van der Waals surface area contributed by atoms with E-state index < -0.39 is 0 Å². The highest BCUT2D eigenvalue weighted by Gasteiger charge is 2.48. The molecule has 3 amide bonds. The van der Waals surface area contributed by atoms with E-state index in [9.17, 15) is 14.4 Å². The second-order valence-corrected chi connectivity index (χ2v) is 9.82. The number of ether oxygens (including phenoxy) is 1. The van der Waals surface area contributed by atoms with Crippen LogP contribution in [0.4, 0.5) is 11.4 Å². The van der Waals surface area contributed by atoms with E-state index in [1.54, 1.807) is 48.5 Å². The van der Waals surface area contributed by atoms with E-state index in [2.05, 4.69) is 5.32 Å². The fourth-order valence-electron chi connectivity index (χ4n) is 5.28. The number of carbonyl (C=O) groups is 3. The third-order valence-electron chi connectivity index (χ3n) is 7.30. The summed E-state index contributed by atoms with van der Waals surface area (Å²) in [5.74, 6) is 0.244. The van der Waals surface area contributed by atoms with Gasteiger partial charge in [-0.1, -0.05) is 48.0 Å². The van der Waals surface area contributed by atoms with Gasteiger partial charge < -0.3 is 10.1 Å². The first-order chi connectivity index (χ1) is 18.5. The van der Waals surface area contributed by atoms with Crippen molar-refractivity contribution < 1.29 is 19.1 Å². The van der Waals surface area contributed by atoms with Gasteiger partial charge in [-0.25, -0.2) is 0 Å². The molecule has 2 aliphatic rings. The lowest BCUT2D eigenvalue weighted by atomic mass is 9.82. The maximum Gasteiger partial charge on any atom is 0.255 e. The summed E-state index contributed by atoms with van der Waals surface area (Å²) in [7, 11) is 0. The van der Waals surface area contributed by atoms with Crippen LogP contribution in [0, 0.1) is 11.8 Å². The molecule has 0 aromatic heterocycles. The molecule has 188 valence electrons.